The molecule has 1 atom stereocenters. The van der Waals surface area contributed by atoms with Gasteiger partial charge in [-0.2, -0.15) is 5.26 Å². The van der Waals surface area contributed by atoms with E-state index in [1.54, 1.807) is 12.3 Å². The monoisotopic (exact) mass is 330 g/mol. The summed E-state index contributed by atoms with van der Waals surface area (Å²) in [5.41, 5.74) is 2.44. The third-order valence-corrected chi connectivity index (χ3v) is 4.51. The van der Waals surface area contributed by atoms with Crippen molar-refractivity contribution in [3.63, 3.8) is 0 Å². The van der Waals surface area contributed by atoms with Crippen LogP contribution in [0.5, 0.6) is 0 Å². The summed E-state index contributed by atoms with van der Waals surface area (Å²) in [5, 5.41) is 12.2. The van der Waals surface area contributed by atoms with E-state index in [4.69, 9.17) is 10.2 Å². The summed E-state index contributed by atoms with van der Waals surface area (Å²) in [5.74, 6) is 2.28. The molecule has 25 heavy (non-hydrogen) atoms. The number of hydrogen-bond donors (Lipinski definition) is 1. The van der Waals surface area contributed by atoms with Crippen LogP contribution in [0.25, 0.3) is 11.0 Å². The molecular weight excluding hydrogens is 312 g/mol. The third-order valence-electron chi connectivity index (χ3n) is 4.51. The number of rotatable bonds is 4. The fraction of sp³-hybridized carbons (Fsp3) is 0.263. The number of benzene rings is 1. The zero-order valence-corrected chi connectivity index (χ0v) is 13.8. The maximum Gasteiger partial charge on any atom is 0.147 e. The number of nitrogens with zero attached hydrogens (tertiary/aromatic N) is 5. The second-order valence-corrected chi connectivity index (χ2v) is 6.24. The highest BCUT2D eigenvalue weighted by Crippen LogP contribution is 2.23. The van der Waals surface area contributed by atoms with Crippen molar-refractivity contribution in [1.29, 1.82) is 5.26 Å². The Morgan fingerprint density at radius 1 is 1.12 bits per heavy atom. The van der Waals surface area contributed by atoms with Crippen LogP contribution < -0.4 is 10.2 Å². The van der Waals surface area contributed by atoms with Gasteiger partial charge in [-0.3, -0.25) is 4.98 Å². The number of aromatic nitrogens is 3. The van der Waals surface area contributed by atoms with E-state index in [9.17, 15) is 0 Å². The molecule has 1 fully saturated rings. The first kappa shape index (κ1) is 15.3. The zero-order chi connectivity index (χ0) is 17.1. The number of pyridine rings is 1. The highest BCUT2D eigenvalue weighted by Gasteiger charge is 2.23. The molecule has 6 nitrogen and oxygen atoms in total. The number of fused-ring (bicyclic) bond motifs is 1. The molecule has 1 aliphatic rings. The standard InChI is InChI=1S/C19H18N6/c20-9-14-5-6-18(22-10-14)23-11-15-7-8-25(13-15)19-12-21-16-3-1-2-4-17(16)24-19/h1-6,10,12,15H,7-8,11,13H2,(H,22,23). The van der Waals surface area contributed by atoms with E-state index in [0.717, 1.165) is 48.7 Å². The van der Waals surface area contributed by atoms with Crippen molar-refractivity contribution in [2.45, 2.75) is 6.42 Å². The van der Waals surface area contributed by atoms with Gasteiger partial charge < -0.3 is 10.2 Å². The minimum Gasteiger partial charge on any atom is -0.370 e. The van der Waals surface area contributed by atoms with Gasteiger partial charge in [0.1, 0.15) is 17.7 Å². The molecule has 1 aromatic carbocycles. The van der Waals surface area contributed by atoms with Crippen molar-refractivity contribution >= 4 is 22.7 Å². The van der Waals surface area contributed by atoms with Gasteiger partial charge in [0.05, 0.1) is 22.8 Å². The zero-order valence-electron chi connectivity index (χ0n) is 13.8. The number of hydrogen-bond acceptors (Lipinski definition) is 6. The smallest absolute Gasteiger partial charge is 0.147 e. The van der Waals surface area contributed by atoms with Crippen molar-refractivity contribution in [2.75, 3.05) is 29.9 Å². The average molecular weight is 330 g/mol. The minimum atomic E-state index is 0.533. The summed E-state index contributed by atoms with van der Waals surface area (Å²) >= 11 is 0. The number of anilines is 2. The fourth-order valence-electron chi connectivity index (χ4n) is 3.12. The molecule has 0 spiro atoms. The van der Waals surface area contributed by atoms with Crippen LogP contribution in [0.4, 0.5) is 11.6 Å². The lowest BCUT2D eigenvalue weighted by atomic mass is 10.1. The van der Waals surface area contributed by atoms with E-state index in [-0.39, 0.29) is 0 Å². The summed E-state index contributed by atoms with van der Waals surface area (Å²) in [7, 11) is 0. The maximum atomic E-state index is 8.81. The summed E-state index contributed by atoms with van der Waals surface area (Å²) in [4.78, 5) is 15.8. The van der Waals surface area contributed by atoms with Gasteiger partial charge >= 0.3 is 0 Å². The van der Waals surface area contributed by atoms with Gasteiger partial charge in [-0.05, 0) is 36.6 Å². The third kappa shape index (κ3) is 3.36. The van der Waals surface area contributed by atoms with Crippen LogP contribution in [0.15, 0.2) is 48.8 Å². The molecule has 0 bridgehead atoms. The second kappa shape index (κ2) is 6.73. The summed E-state index contributed by atoms with van der Waals surface area (Å²) < 4.78 is 0. The lowest BCUT2D eigenvalue weighted by molar-refractivity contribution is 0.621. The highest BCUT2D eigenvalue weighted by molar-refractivity contribution is 5.75. The van der Waals surface area contributed by atoms with Crippen LogP contribution in [-0.4, -0.2) is 34.6 Å². The lowest BCUT2D eigenvalue weighted by Crippen LogP contribution is -2.23. The van der Waals surface area contributed by atoms with Gasteiger partial charge in [0.15, 0.2) is 0 Å². The topological polar surface area (TPSA) is 77.7 Å². The van der Waals surface area contributed by atoms with Gasteiger partial charge in [-0.1, -0.05) is 12.1 Å². The Balaban J connectivity index is 1.37. The van der Waals surface area contributed by atoms with Crippen molar-refractivity contribution in [1.82, 2.24) is 15.0 Å². The second-order valence-electron chi connectivity index (χ2n) is 6.24. The first-order valence-electron chi connectivity index (χ1n) is 8.38. The molecule has 4 rings (SSSR count). The molecule has 1 saturated heterocycles. The first-order chi connectivity index (χ1) is 12.3. The molecule has 2 aromatic heterocycles. The predicted molar refractivity (Wildman–Crippen MR) is 97.3 cm³/mol. The van der Waals surface area contributed by atoms with E-state index in [1.807, 2.05) is 36.5 Å². The first-order valence-corrected chi connectivity index (χ1v) is 8.38. The fourth-order valence-corrected chi connectivity index (χ4v) is 3.12. The van der Waals surface area contributed by atoms with Gasteiger partial charge in [0.25, 0.3) is 0 Å². The number of nitrogens with one attached hydrogen (secondary N) is 1. The number of nitriles is 1. The Hall–Kier alpha value is -3.20. The Kier molecular flexibility index (Phi) is 4.13. The molecule has 3 aromatic rings. The quantitative estimate of drug-likeness (QED) is 0.792. The highest BCUT2D eigenvalue weighted by atomic mass is 15.2. The Morgan fingerprint density at radius 3 is 2.80 bits per heavy atom. The van der Waals surface area contributed by atoms with Crippen LogP contribution >= 0.6 is 0 Å². The molecule has 1 N–H and O–H groups in total. The molecule has 124 valence electrons. The molecule has 3 heterocycles. The van der Waals surface area contributed by atoms with Crippen LogP contribution in [-0.2, 0) is 0 Å². The van der Waals surface area contributed by atoms with E-state index in [0.29, 0.717) is 11.5 Å². The van der Waals surface area contributed by atoms with E-state index < -0.39 is 0 Å². The van der Waals surface area contributed by atoms with Gasteiger partial charge in [0, 0.05) is 25.8 Å². The molecule has 1 aliphatic heterocycles. The molecular formula is C19H18N6. The molecule has 0 aliphatic carbocycles. The normalized spacial score (nSPS) is 16.8. The SMILES string of the molecule is N#Cc1ccc(NCC2CCN(c3cnc4ccccc4n3)C2)nc1. The molecule has 0 radical (unpaired) electrons. The van der Waals surface area contributed by atoms with Crippen molar-refractivity contribution in [3.05, 3.63) is 54.4 Å². The predicted octanol–water partition coefficient (Wildman–Crippen LogP) is 2.83. The molecule has 0 amide bonds. The summed E-state index contributed by atoms with van der Waals surface area (Å²) in [6.07, 6.45) is 4.56. The van der Waals surface area contributed by atoms with Crippen LogP contribution in [0.1, 0.15) is 12.0 Å². The van der Waals surface area contributed by atoms with Crippen molar-refractivity contribution in [3.8, 4) is 6.07 Å². The molecule has 6 heteroatoms. The van der Waals surface area contributed by atoms with E-state index in [1.165, 1.54) is 0 Å². The van der Waals surface area contributed by atoms with Gasteiger partial charge in [0.2, 0.25) is 0 Å². The van der Waals surface area contributed by atoms with Crippen LogP contribution in [0, 0.1) is 17.2 Å². The van der Waals surface area contributed by atoms with Crippen LogP contribution in [0.3, 0.4) is 0 Å². The van der Waals surface area contributed by atoms with Crippen LogP contribution in [0.2, 0.25) is 0 Å². The van der Waals surface area contributed by atoms with Gasteiger partial charge in [-0.25, -0.2) is 9.97 Å². The Labute approximate surface area is 146 Å². The summed E-state index contributed by atoms with van der Waals surface area (Å²) in [6.45, 7) is 2.80. The molecule has 0 saturated carbocycles. The largest absolute Gasteiger partial charge is 0.370 e. The summed E-state index contributed by atoms with van der Waals surface area (Å²) in [6, 6.07) is 13.6. The minimum absolute atomic E-state index is 0.533. The Bertz CT molecular complexity index is 915. The lowest BCUT2D eigenvalue weighted by Gasteiger charge is -2.17. The average Bonchev–Trinajstić information content (AvgIpc) is 3.15. The van der Waals surface area contributed by atoms with Crippen molar-refractivity contribution in [2.24, 2.45) is 5.92 Å². The van der Waals surface area contributed by atoms with Crippen molar-refractivity contribution < 1.29 is 0 Å². The molecule has 1 unspecified atom stereocenters. The Morgan fingerprint density at radius 2 is 2.00 bits per heavy atom. The van der Waals surface area contributed by atoms with E-state index >= 15 is 0 Å². The number of para-hydroxylation sites is 2. The maximum absolute atomic E-state index is 8.81. The van der Waals surface area contributed by atoms with E-state index in [2.05, 4.69) is 26.3 Å². The van der Waals surface area contributed by atoms with Gasteiger partial charge in [-0.15, -0.1) is 0 Å².